The van der Waals surface area contributed by atoms with Gasteiger partial charge in [-0.15, -0.1) is 0 Å². The van der Waals surface area contributed by atoms with Gasteiger partial charge in [-0.2, -0.15) is 5.10 Å². The van der Waals surface area contributed by atoms with Gasteiger partial charge in [-0.1, -0.05) is 6.92 Å². The first-order valence-electron chi connectivity index (χ1n) is 4.45. The quantitative estimate of drug-likeness (QED) is 0.556. The Bertz CT molecular complexity index is 310. The zero-order valence-corrected chi connectivity index (χ0v) is 8.30. The van der Waals surface area contributed by atoms with Gasteiger partial charge in [0.2, 0.25) is 0 Å². The van der Waals surface area contributed by atoms with E-state index in [0.717, 1.165) is 6.54 Å². The molecule has 0 fully saturated rings. The molecule has 0 radical (unpaired) electrons. The minimum atomic E-state index is -0.438. The summed E-state index contributed by atoms with van der Waals surface area (Å²) >= 11 is 0. The average molecular weight is 198 g/mol. The van der Waals surface area contributed by atoms with E-state index in [0.29, 0.717) is 12.5 Å². The van der Waals surface area contributed by atoms with Crippen molar-refractivity contribution in [2.24, 2.45) is 5.92 Å². The molecular weight excluding hydrogens is 184 g/mol. The lowest BCUT2D eigenvalue weighted by atomic mass is 10.2. The van der Waals surface area contributed by atoms with Gasteiger partial charge in [0.15, 0.2) is 0 Å². The number of aromatic nitrogens is 2. The maximum absolute atomic E-state index is 10.4. The van der Waals surface area contributed by atoms with Crippen molar-refractivity contribution >= 4 is 5.69 Å². The molecule has 1 aromatic rings. The Balaban J connectivity index is 2.55. The molecule has 6 heteroatoms. The molecule has 1 heterocycles. The second-order valence-electron chi connectivity index (χ2n) is 3.34. The van der Waals surface area contributed by atoms with Crippen molar-refractivity contribution in [2.45, 2.75) is 13.5 Å². The number of nitrogens with one attached hydrogen (secondary N) is 1. The highest BCUT2D eigenvalue weighted by Gasteiger charge is 2.10. The molecule has 0 amide bonds. The van der Waals surface area contributed by atoms with E-state index in [9.17, 15) is 10.1 Å². The first kappa shape index (κ1) is 10.6. The maximum Gasteiger partial charge on any atom is 0.306 e. The van der Waals surface area contributed by atoms with Crippen molar-refractivity contribution in [1.82, 2.24) is 15.1 Å². The summed E-state index contributed by atoms with van der Waals surface area (Å²) in [6.07, 6.45) is 2.72. The van der Waals surface area contributed by atoms with Crippen molar-refractivity contribution in [2.75, 3.05) is 13.6 Å². The van der Waals surface area contributed by atoms with E-state index in [-0.39, 0.29) is 5.69 Å². The molecule has 0 saturated carbocycles. The van der Waals surface area contributed by atoms with Gasteiger partial charge in [-0.05, 0) is 19.5 Å². The van der Waals surface area contributed by atoms with Crippen LogP contribution in [0.2, 0.25) is 0 Å². The number of rotatable bonds is 5. The Morgan fingerprint density at radius 3 is 3.00 bits per heavy atom. The Kier molecular flexibility index (Phi) is 3.58. The molecule has 1 aromatic heterocycles. The molecule has 1 atom stereocenters. The molecule has 1 N–H and O–H groups in total. The largest absolute Gasteiger partial charge is 0.319 e. The lowest BCUT2D eigenvalue weighted by Crippen LogP contribution is -2.20. The Labute approximate surface area is 82.1 Å². The molecule has 6 nitrogen and oxygen atoms in total. The predicted molar refractivity (Wildman–Crippen MR) is 52.0 cm³/mol. The van der Waals surface area contributed by atoms with E-state index < -0.39 is 4.92 Å². The first-order valence-corrected chi connectivity index (χ1v) is 4.45. The van der Waals surface area contributed by atoms with Crippen LogP contribution < -0.4 is 5.32 Å². The first-order chi connectivity index (χ1) is 6.63. The second-order valence-corrected chi connectivity index (χ2v) is 3.34. The van der Waals surface area contributed by atoms with Crippen LogP contribution in [-0.4, -0.2) is 28.3 Å². The number of nitro groups is 1. The van der Waals surface area contributed by atoms with Gasteiger partial charge in [-0.25, -0.2) is 0 Å². The number of hydrogen-bond acceptors (Lipinski definition) is 4. The van der Waals surface area contributed by atoms with Gasteiger partial charge in [0.05, 0.1) is 4.92 Å². The Hall–Kier alpha value is -1.43. The lowest BCUT2D eigenvalue weighted by molar-refractivity contribution is -0.385. The summed E-state index contributed by atoms with van der Waals surface area (Å²) in [6, 6.07) is 0. The molecule has 14 heavy (non-hydrogen) atoms. The van der Waals surface area contributed by atoms with Gasteiger partial charge >= 0.3 is 5.69 Å². The van der Waals surface area contributed by atoms with Gasteiger partial charge in [0.25, 0.3) is 0 Å². The predicted octanol–water partition coefficient (Wildman–Crippen LogP) is 0.647. The van der Waals surface area contributed by atoms with Crippen LogP contribution >= 0.6 is 0 Å². The fourth-order valence-corrected chi connectivity index (χ4v) is 1.28. The fourth-order valence-electron chi connectivity index (χ4n) is 1.28. The minimum Gasteiger partial charge on any atom is -0.319 e. The molecule has 0 aliphatic rings. The smallest absolute Gasteiger partial charge is 0.306 e. The Morgan fingerprint density at radius 2 is 2.50 bits per heavy atom. The lowest BCUT2D eigenvalue weighted by Gasteiger charge is -2.09. The van der Waals surface area contributed by atoms with Crippen molar-refractivity contribution in [3.8, 4) is 0 Å². The van der Waals surface area contributed by atoms with Crippen molar-refractivity contribution in [3.05, 3.63) is 22.5 Å². The zero-order chi connectivity index (χ0) is 10.6. The summed E-state index contributed by atoms with van der Waals surface area (Å²) < 4.78 is 1.60. The van der Waals surface area contributed by atoms with Crippen molar-refractivity contribution in [1.29, 1.82) is 0 Å². The summed E-state index contributed by atoms with van der Waals surface area (Å²) in [6.45, 7) is 3.62. The van der Waals surface area contributed by atoms with E-state index in [1.807, 2.05) is 7.05 Å². The van der Waals surface area contributed by atoms with E-state index in [1.54, 1.807) is 4.68 Å². The van der Waals surface area contributed by atoms with Gasteiger partial charge in [-0.3, -0.25) is 14.8 Å². The highest BCUT2D eigenvalue weighted by atomic mass is 16.6. The molecule has 1 unspecified atom stereocenters. The van der Waals surface area contributed by atoms with Crippen LogP contribution in [0, 0.1) is 16.0 Å². The highest BCUT2D eigenvalue weighted by molar-refractivity contribution is 5.20. The van der Waals surface area contributed by atoms with Crippen LogP contribution in [0.4, 0.5) is 5.69 Å². The highest BCUT2D eigenvalue weighted by Crippen LogP contribution is 2.09. The normalized spacial score (nSPS) is 12.7. The third-order valence-corrected chi connectivity index (χ3v) is 1.88. The van der Waals surface area contributed by atoms with E-state index in [2.05, 4.69) is 17.3 Å². The molecule has 0 aliphatic carbocycles. The number of nitrogens with zero attached hydrogens (tertiary/aromatic N) is 3. The maximum atomic E-state index is 10.4. The Morgan fingerprint density at radius 1 is 1.79 bits per heavy atom. The fraction of sp³-hybridized carbons (Fsp3) is 0.625. The topological polar surface area (TPSA) is 73.0 Å². The molecular formula is C8H14N4O2. The third kappa shape index (κ3) is 2.81. The number of hydrogen-bond donors (Lipinski definition) is 1. The van der Waals surface area contributed by atoms with Gasteiger partial charge < -0.3 is 5.32 Å². The van der Waals surface area contributed by atoms with Crippen molar-refractivity contribution < 1.29 is 4.92 Å². The molecule has 0 aromatic carbocycles. The van der Waals surface area contributed by atoms with Crippen LogP contribution in [-0.2, 0) is 6.54 Å². The van der Waals surface area contributed by atoms with Crippen LogP contribution in [0.1, 0.15) is 6.92 Å². The van der Waals surface area contributed by atoms with Crippen LogP contribution in [0.3, 0.4) is 0 Å². The zero-order valence-electron chi connectivity index (χ0n) is 8.30. The average Bonchev–Trinajstić information content (AvgIpc) is 2.53. The van der Waals surface area contributed by atoms with E-state index in [1.165, 1.54) is 12.4 Å². The molecule has 0 spiro atoms. The summed E-state index contributed by atoms with van der Waals surface area (Å²) in [5.74, 6) is 0.402. The molecule has 0 aliphatic heterocycles. The summed E-state index contributed by atoms with van der Waals surface area (Å²) in [5.41, 5.74) is 0.0432. The summed E-state index contributed by atoms with van der Waals surface area (Å²) in [4.78, 5) is 9.93. The molecule has 0 saturated heterocycles. The van der Waals surface area contributed by atoms with Crippen LogP contribution in [0.25, 0.3) is 0 Å². The SMILES string of the molecule is CNCC(C)Cn1cc([N+](=O)[O-])cn1. The van der Waals surface area contributed by atoms with Crippen LogP contribution in [0.15, 0.2) is 12.4 Å². The van der Waals surface area contributed by atoms with Gasteiger partial charge in [0.1, 0.15) is 12.4 Å². The summed E-state index contributed by atoms with van der Waals surface area (Å²) in [5, 5.41) is 17.3. The van der Waals surface area contributed by atoms with Crippen molar-refractivity contribution in [3.63, 3.8) is 0 Å². The third-order valence-electron chi connectivity index (χ3n) is 1.88. The molecule has 1 rings (SSSR count). The second kappa shape index (κ2) is 4.71. The standard InChI is InChI=1S/C8H14N4O2/c1-7(3-9-2)5-11-6-8(4-10-11)12(13)14/h4,6-7,9H,3,5H2,1-2H3. The van der Waals surface area contributed by atoms with E-state index >= 15 is 0 Å². The van der Waals surface area contributed by atoms with Crippen LogP contribution in [0.5, 0.6) is 0 Å². The molecule has 78 valence electrons. The van der Waals surface area contributed by atoms with Gasteiger partial charge in [0, 0.05) is 6.54 Å². The minimum absolute atomic E-state index is 0.0432. The summed E-state index contributed by atoms with van der Waals surface area (Å²) in [7, 11) is 1.88. The monoisotopic (exact) mass is 198 g/mol. The molecule has 0 bridgehead atoms. The van der Waals surface area contributed by atoms with E-state index in [4.69, 9.17) is 0 Å².